The number of halogens is 3. The predicted molar refractivity (Wildman–Crippen MR) is 63.9 cm³/mol. The van der Waals surface area contributed by atoms with Gasteiger partial charge in [-0.2, -0.15) is 18.4 Å². The smallest absolute Gasteiger partial charge is 0.416 e. The molecule has 1 aliphatic carbocycles. The van der Waals surface area contributed by atoms with Crippen LogP contribution in [-0.4, -0.2) is 17.1 Å². The zero-order valence-corrected chi connectivity index (χ0v) is 10.2. The van der Waals surface area contributed by atoms with Gasteiger partial charge in [0.25, 0.3) is 0 Å². The largest absolute Gasteiger partial charge is 0.481 e. The van der Waals surface area contributed by atoms with Crippen LogP contribution in [0.1, 0.15) is 24.0 Å². The second-order valence-corrected chi connectivity index (χ2v) is 4.64. The molecular formula is C13H11F3N2O2. The van der Waals surface area contributed by atoms with Crippen molar-refractivity contribution in [3.05, 3.63) is 29.3 Å². The van der Waals surface area contributed by atoms with Crippen molar-refractivity contribution in [1.29, 1.82) is 5.26 Å². The Balaban J connectivity index is 2.21. The number of nitrogens with zero attached hydrogens (tertiary/aromatic N) is 1. The van der Waals surface area contributed by atoms with Crippen molar-refractivity contribution in [1.82, 2.24) is 0 Å². The minimum atomic E-state index is -4.51. The van der Waals surface area contributed by atoms with E-state index >= 15 is 0 Å². The highest BCUT2D eigenvalue weighted by atomic mass is 19.4. The minimum Gasteiger partial charge on any atom is -0.481 e. The Bertz CT molecular complexity index is 578. The number of nitriles is 1. The van der Waals surface area contributed by atoms with Crippen LogP contribution in [0.5, 0.6) is 0 Å². The van der Waals surface area contributed by atoms with Crippen LogP contribution in [0.25, 0.3) is 0 Å². The van der Waals surface area contributed by atoms with Gasteiger partial charge in [-0.3, -0.25) is 4.79 Å². The third-order valence-corrected chi connectivity index (χ3v) is 3.40. The van der Waals surface area contributed by atoms with Crippen LogP contribution in [0, 0.1) is 17.2 Å². The van der Waals surface area contributed by atoms with Gasteiger partial charge < -0.3 is 10.4 Å². The summed E-state index contributed by atoms with van der Waals surface area (Å²) >= 11 is 0. The van der Waals surface area contributed by atoms with E-state index in [9.17, 15) is 18.0 Å². The van der Waals surface area contributed by atoms with Crippen LogP contribution >= 0.6 is 0 Å². The predicted octanol–water partition coefficient (Wildman–Crippen LogP) is 2.85. The van der Waals surface area contributed by atoms with Gasteiger partial charge in [-0.25, -0.2) is 0 Å². The fraction of sp³-hybridized carbons (Fsp3) is 0.385. The highest BCUT2D eigenvalue weighted by Crippen LogP contribution is 2.34. The number of carboxylic acids is 1. The van der Waals surface area contributed by atoms with E-state index in [4.69, 9.17) is 10.4 Å². The number of carbonyl (C=O) groups is 1. The molecule has 1 aliphatic rings. The van der Waals surface area contributed by atoms with Crippen molar-refractivity contribution in [2.24, 2.45) is 5.92 Å². The van der Waals surface area contributed by atoms with E-state index in [-0.39, 0.29) is 17.3 Å². The van der Waals surface area contributed by atoms with Crippen LogP contribution < -0.4 is 5.32 Å². The molecule has 1 saturated carbocycles. The first-order valence-corrected chi connectivity index (χ1v) is 5.93. The molecule has 2 atom stereocenters. The summed E-state index contributed by atoms with van der Waals surface area (Å²) < 4.78 is 37.6. The molecule has 7 heteroatoms. The summed E-state index contributed by atoms with van der Waals surface area (Å²) in [4.78, 5) is 10.9. The molecule has 0 aromatic heterocycles. The Kier molecular flexibility index (Phi) is 3.57. The molecule has 106 valence electrons. The number of alkyl halides is 3. The fourth-order valence-electron chi connectivity index (χ4n) is 2.11. The number of benzene rings is 1. The third kappa shape index (κ3) is 2.69. The van der Waals surface area contributed by atoms with Gasteiger partial charge in [0, 0.05) is 6.04 Å². The van der Waals surface area contributed by atoms with E-state index in [2.05, 4.69) is 5.32 Å². The number of hydrogen-bond donors (Lipinski definition) is 2. The van der Waals surface area contributed by atoms with Gasteiger partial charge >= 0.3 is 12.1 Å². The minimum absolute atomic E-state index is 0.143. The molecule has 0 bridgehead atoms. The highest BCUT2D eigenvalue weighted by Gasteiger charge is 2.37. The SMILES string of the molecule is N#Cc1cc(C(F)(F)F)ccc1NC1CCC1C(=O)O. The molecule has 1 aromatic carbocycles. The average Bonchev–Trinajstić information content (AvgIpc) is 2.32. The molecule has 0 radical (unpaired) electrons. The van der Waals surface area contributed by atoms with Crippen molar-refractivity contribution in [2.45, 2.75) is 25.1 Å². The lowest BCUT2D eigenvalue weighted by molar-refractivity contribution is -0.145. The fourth-order valence-corrected chi connectivity index (χ4v) is 2.11. The number of anilines is 1. The molecule has 2 unspecified atom stereocenters. The number of carboxylic acid groups (broad SMARTS) is 1. The van der Waals surface area contributed by atoms with Crippen molar-refractivity contribution < 1.29 is 23.1 Å². The van der Waals surface area contributed by atoms with Crippen LogP contribution in [0.2, 0.25) is 0 Å². The van der Waals surface area contributed by atoms with E-state index in [0.717, 1.165) is 12.1 Å². The number of aliphatic carboxylic acids is 1. The number of rotatable bonds is 3. The van der Waals surface area contributed by atoms with Crippen LogP contribution in [0.4, 0.5) is 18.9 Å². The van der Waals surface area contributed by atoms with Crippen LogP contribution in [0.15, 0.2) is 18.2 Å². The molecule has 2 N–H and O–H groups in total. The van der Waals surface area contributed by atoms with E-state index in [0.29, 0.717) is 12.8 Å². The summed E-state index contributed by atoms with van der Waals surface area (Å²) in [5.74, 6) is -1.51. The Labute approximate surface area is 112 Å². The molecule has 1 aromatic rings. The third-order valence-electron chi connectivity index (χ3n) is 3.40. The van der Waals surface area contributed by atoms with Gasteiger partial charge in [0.1, 0.15) is 6.07 Å². The first kappa shape index (κ1) is 14.2. The average molecular weight is 284 g/mol. The molecule has 0 aliphatic heterocycles. The number of hydrogen-bond acceptors (Lipinski definition) is 3. The van der Waals surface area contributed by atoms with Gasteiger partial charge in [-0.1, -0.05) is 0 Å². The van der Waals surface area contributed by atoms with Gasteiger partial charge in [-0.05, 0) is 31.0 Å². The Hall–Kier alpha value is -2.23. The standard InChI is InChI=1S/C13H11F3N2O2/c14-13(15,16)8-1-3-10(7(5-8)6-17)18-11-4-2-9(11)12(19)20/h1,3,5,9,11,18H,2,4H2,(H,19,20). The van der Waals surface area contributed by atoms with Crippen molar-refractivity contribution in [3.8, 4) is 6.07 Å². The Morgan fingerprint density at radius 3 is 2.55 bits per heavy atom. The summed E-state index contributed by atoms with van der Waals surface area (Å²) in [6.07, 6.45) is -3.37. The second-order valence-electron chi connectivity index (χ2n) is 4.64. The first-order valence-electron chi connectivity index (χ1n) is 5.93. The maximum atomic E-state index is 12.5. The lowest BCUT2D eigenvalue weighted by Crippen LogP contribution is -2.43. The lowest BCUT2D eigenvalue weighted by Gasteiger charge is -2.35. The number of nitrogens with one attached hydrogen (secondary N) is 1. The molecule has 4 nitrogen and oxygen atoms in total. The van der Waals surface area contributed by atoms with Crippen LogP contribution in [0.3, 0.4) is 0 Å². The molecule has 1 fully saturated rings. The quantitative estimate of drug-likeness (QED) is 0.895. The van der Waals surface area contributed by atoms with Gasteiger partial charge in [-0.15, -0.1) is 0 Å². The van der Waals surface area contributed by atoms with E-state index in [1.54, 1.807) is 6.07 Å². The Morgan fingerprint density at radius 2 is 2.10 bits per heavy atom. The molecule has 0 amide bonds. The molecule has 20 heavy (non-hydrogen) atoms. The maximum absolute atomic E-state index is 12.5. The van der Waals surface area contributed by atoms with Gasteiger partial charge in [0.2, 0.25) is 0 Å². The zero-order chi connectivity index (χ0) is 14.9. The summed E-state index contributed by atoms with van der Waals surface area (Å²) in [5.41, 5.74) is -0.810. The van der Waals surface area contributed by atoms with E-state index < -0.39 is 23.6 Å². The molecule has 0 spiro atoms. The summed E-state index contributed by atoms with van der Waals surface area (Å²) in [5, 5.41) is 20.7. The van der Waals surface area contributed by atoms with Gasteiger partial charge in [0.05, 0.1) is 22.7 Å². The van der Waals surface area contributed by atoms with Crippen molar-refractivity contribution in [2.75, 3.05) is 5.32 Å². The Morgan fingerprint density at radius 1 is 1.40 bits per heavy atom. The first-order chi connectivity index (χ1) is 9.32. The van der Waals surface area contributed by atoms with E-state index in [1.165, 1.54) is 6.07 Å². The van der Waals surface area contributed by atoms with E-state index in [1.807, 2.05) is 0 Å². The summed E-state index contributed by atoms with van der Waals surface area (Å²) in [6, 6.07) is 4.14. The van der Waals surface area contributed by atoms with Crippen LogP contribution in [-0.2, 0) is 11.0 Å². The normalized spacial score (nSPS) is 21.7. The summed E-state index contributed by atoms with van der Waals surface area (Å²) in [6.45, 7) is 0. The second kappa shape index (κ2) is 5.04. The topological polar surface area (TPSA) is 73.1 Å². The molecule has 2 rings (SSSR count). The molecule has 0 saturated heterocycles. The molecular weight excluding hydrogens is 273 g/mol. The van der Waals surface area contributed by atoms with Crippen molar-refractivity contribution >= 4 is 11.7 Å². The van der Waals surface area contributed by atoms with Gasteiger partial charge in [0.15, 0.2) is 0 Å². The lowest BCUT2D eigenvalue weighted by atomic mass is 9.79. The zero-order valence-electron chi connectivity index (χ0n) is 10.2. The van der Waals surface area contributed by atoms with Crippen molar-refractivity contribution in [3.63, 3.8) is 0 Å². The summed E-state index contributed by atoms with van der Waals surface area (Å²) in [7, 11) is 0. The molecule has 0 heterocycles. The monoisotopic (exact) mass is 284 g/mol. The maximum Gasteiger partial charge on any atom is 0.416 e. The highest BCUT2D eigenvalue weighted by molar-refractivity contribution is 5.73.